The molecule has 0 amide bonds. The summed E-state index contributed by atoms with van der Waals surface area (Å²) in [5.41, 5.74) is 2.03. The van der Waals surface area contributed by atoms with Crippen LogP contribution in [-0.2, 0) is 0 Å². The van der Waals surface area contributed by atoms with Gasteiger partial charge in [0, 0.05) is 30.4 Å². The molecule has 2 aromatic carbocycles. The van der Waals surface area contributed by atoms with Gasteiger partial charge in [0.15, 0.2) is 5.82 Å². The summed E-state index contributed by atoms with van der Waals surface area (Å²) in [6.45, 7) is 0. The van der Waals surface area contributed by atoms with Gasteiger partial charge in [-0.3, -0.25) is 0 Å². The lowest BCUT2D eigenvalue weighted by Crippen LogP contribution is -2.12. The third-order valence-electron chi connectivity index (χ3n) is 3.14. The number of anilines is 1. The zero-order valence-electron chi connectivity index (χ0n) is 11.0. The van der Waals surface area contributed by atoms with Gasteiger partial charge in [-0.05, 0) is 0 Å². The van der Waals surface area contributed by atoms with Crippen LogP contribution in [-0.4, -0.2) is 24.3 Å². The summed E-state index contributed by atoms with van der Waals surface area (Å²) in [5.74, 6) is 0.898. The van der Waals surface area contributed by atoms with E-state index in [4.69, 9.17) is 0 Å². The van der Waals surface area contributed by atoms with Crippen LogP contribution in [0, 0.1) is 0 Å². The molecule has 0 aliphatic carbocycles. The van der Waals surface area contributed by atoms with Crippen molar-refractivity contribution in [1.29, 1.82) is 0 Å². The summed E-state index contributed by atoms with van der Waals surface area (Å²) < 4.78 is 0. The second kappa shape index (κ2) is 4.69. The molecule has 0 atom stereocenters. The summed E-state index contributed by atoms with van der Waals surface area (Å²) in [6.07, 6.45) is 0. The van der Waals surface area contributed by atoms with Gasteiger partial charge in [0.25, 0.3) is 0 Å². The second-order valence-corrected chi connectivity index (χ2v) is 4.68. The maximum atomic E-state index is 4.41. The molecule has 0 unspecified atom stereocenters. The van der Waals surface area contributed by atoms with Crippen molar-refractivity contribution < 1.29 is 0 Å². The van der Waals surface area contributed by atoms with Crippen molar-refractivity contribution in [3.63, 3.8) is 0 Å². The van der Waals surface area contributed by atoms with Crippen LogP contribution in [0.2, 0.25) is 0 Å². The van der Waals surface area contributed by atoms with Crippen molar-refractivity contribution in [2.24, 2.45) is 0 Å². The van der Waals surface area contributed by atoms with Crippen molar-refractivity contribution >= 4 is 16.6 Å². The van der Waals surface area contributed by atoms with Crippen molar-refractivity contribution in [2.45, 2.75) is 0 Å². The van der Waals surface area contributed by atoms with Crippen LogP contribution in [0.5, 0.6) is 0 Å². The summed E-state index contributed by atoms with van der Waals surface area (Å²) in [6, 6.07) is 18.4. The van der Waals surface area contributed by atoms with E-state index < -0.39 is 0 Å². The zero-order valence-corrected chi connectivity index (χ0v) is 11.0. The average molecular weight is 249 g/mol. The first-order chi connectivity index (χ1) is 9.27. The van der Waals surface area contributed by atoms with Crippen LogP contribution in [0.4, 0.5) is 5.82 Å². The van der Waals surface area contributed by atoms with E-state index in [0.29, 0.717) is 0 Å². The van der Waals surface area contributed by atoms with Crippen LogP contribution >= 0.6 is 0 Å². The minimum Gasteiger partial charge on any atom is -0.361 e. The lowest BCUT2D eigenvalue weighted by atomic mass is 10.0. The van der Waals surface area contributed by atoms with E-state index in [0.717, 1.165) is 27.8 Å². The Hall–Kier alpha value is -2.42. The molecular formula is C16H15N3. The lowest BCUT2D eigenvalue weighted by Gasteiger charge is -2.15. The molecule has 0 N–H and O–H groups in total. The van der Waals surface area contributed by atoms with Crippen LogP contribution in [0.1, 0.15) is 0 Å². The summed E-state index contributed by atoms with van der Waals surface area (Å²) in [7, 11) is 3.97. The van der Waals surface area contributed by atoms with Gasteiger partial charge >= 0.3 is 0 Å². The molecule has 0 fully saturated rings. The number of fused-ring (bicyclic) bond motifs is 1. The van der Waals surface area contributed by atoms with E-state index in [1.165, 1.54) is 0 Å². The zero-order chi connectivity index (χ0) is 13.2. The van der Waals surface area contributed by atoms with Crippen molar-refractivity contribution in [1.82, 2.24) is 10.2 Å². The molecule has 3 nitrogen and oxygen atoms in total. The Labute approximate surface area is 112 Å². The van der Waals surface area contributed by atoms with Crippen molar-refractivity contribution in [3.8, 4) is 11.3 Å². The Morgan fingerprint density at radius 3 is 2.05 bits per heavy atom. The number of benzene rings is 2. The third-order valence-corrected chi connectivity index (χ3v) is 3.14. The Morgan fingerprint density at radius 2 is 1.37 bits per heavy atom. The molecular weight excluding hydrogens is 234 g/mol. The molecule has 0 aliphatic rings. The van der Waals surface area contributed by atoms with Gasteiger partial charge in [-0.2, -0.15) is 0 Å². The van der Waals surface area contributed by atoms with Crippen molar-refractivity contribution in [2.75, 3.05) is 19.0 Å². The number of hydrogen-bond acceptors (Lipinski definition) is 3. The van der Waals surface area contributed by atoms with Gasteiger partial charge in [-0.25, -0.2) is 0 Å². The lowest BCUT2D eigenvalue weighted by molar-refractivity contribution is 0.985. The van der Waals surface area contributed by atoms with Gasteiger partial charge in [0.05, 0.1) is 0 Å². The molecule has 3 aromatic rings. The van der Waals surface area contributed by atoms with E-state index in [-0.39, 0.29) is 0 Å². The Morgan fingerprint density at radius 1 is 0.737 bits per heavy atom. The van der Waals surface area contributed by atoms with Crippen LogP contribution in [0.3, 0.4) is 0 Å². The molecule has 0 spiro atoms. The molecule has 94 valence electrons. The number of aromatic nitrogens is 2. The van der Waals surface area contributed by atoms with E-state index in [1.54, 1.807) is 0 Å². The van der Waals surface area contributed by atoms with Gasteiger partial charge in [0.1, 0.15) is 5.69 Å². The SMILES string of the molecule is CN(C)c1nnc(-c2ccccc2)c2ccccc12. The predicted molar refractivity (Wildman–Crippen MR) is 79.3 cm³/mol. The van der Waals surface area contributed by atoms with E-state index >= 15 is 0 Å². The third kappa shape index (κ3) is 2.03. The summed E-state index contributed by atoms with van der Waals surface area (Å²) in [5, 5.41) is 11.0. The monoisotopic (exact) mass is 249 g/mol. The molecule has 0 radical (unpaired) electrons. The Balaban J connectivity index is 2.31. The first-order valence-corrected chi connectivity index (χ1v) is 6.25. The Kier molecular flexibility index (Phi) is 2.88. The Bertz CT molecular complexity index is 706. The van der Waals surface area contributed by atoms with E-state index in [1.807, 2.05) is 49.3 Å². The normalized spacial score (nSPS) is 10.6. The first-order valence-electron chi connectivity index (χ1n) is 6.25. The molecule has 0 aliphatic heterocycles. The minimum absolute atomic E-state index is 0.898. The van der Waals surface area contributed by atoms with Gasteiger partial charge in [-0.1, -0.05) is 54.6 Å². The second-order valence-electron chi connectivity index (χ2n) is 4.68. The highest BCUT2D eigenvalue weighted by molar-refractivity contribution is 6.00. The quantitative estimate of drug-likeness (QED) is 0.697. The molecule has 1 heterocycles. The van der Waals surface area contributed by atoms with Crippen LogP contribution < -0.4 is 4.90 Å². The molecule has 3 heteroatoms. The number of nitrogens with zero attached hydrogens (tertiary/aromatic N) is 3. The molecule has 3 rings (SSSR count). The maximum absolute atomic E-state index is 4.41. The molecule has 0 saturated heterocycles. The highest BCUT2D eigenvalue weighted by Crippen LogP contribution is 2.30. The fourth-order valence-electron chi connectivity index (χ4n) is 2.23. The molecule has 0 saturated carbocycles. The topological polar surface area (TPSA) is 29.0 Å². The van der Waals surface area contributed by atoms with Gasteiger partial charge in [0.2, 0.25) is 0 Å². The maximum Gasteiger partial charge on any atom is 0.158 e. The van der Waals surface area contributed by atoms with Gasteiger partial charge in [-0.15, -0.1) is 10.2 Å². The van der Waals surface area contributed by atoms with Crippen LogP contribution in [0.25, 0.3) is 22.0 Å². The fourth-order valence-corrected chi connectivity index (χ4v) is 2.23. The van der Waals surface area contributed by atoms with Crippen LogP contribution in [0.15, 0.2) is 54.6 Å². The standard InChI is InChI=1S/C16H15N3/c1-19(2)16-14-11-7-6-10-13(14)15(17-18-16)12-8-4-3-5-9-12/h3-11H,1-2H3. The first kappa shape index (κ1) is 11.7. The summed E-state index contributed by atoms with van der Waals surface area (Å²) >= 11 is 0. The number of rotatable bonds is 2. The molecule has 1 aromatic heterocycles. The van der Waals surface area contributed by atoms with E-state index in [2.05, 4.69) is 34.5 Å². The molecule has 19 heavy (non-hydrogen) atoms. The largest absolute Gasteiger partial charge is 0.361 e. The van der Waals surface area contributed by atoms with E-state index in [9.17, 15) is 0 Å². The van der Waals surface area contributed by atoms with Crippen molar-refractivity contribution in [3.05, 3.63) is 54.6 Å². The minimum atomic E-state index is 0.898. The highest BCUT2D eigenvalue weighted by Gasteiger charge is 2.11. The highest BCUT2D eigenvalue weighted by atomic mass is 15.2. The summed E-state index contributed by atoms with van der Waals surface area (Å²) in [4.78, 5) is 1.99. The fraction of sp³-hybridized carbons (Fsp3) is 0.125. The van der Waals surface area contributed by atoms with Gasteiger partial charge < -0.3 is 4.90 Å². The predicted octanol–water partition coefficient (Wildman–Crippen LogP) is 3.36. The molecule has 0 bridgehead atoms. The number of hydrogen-bond donors (Lipinski definition) is 0. The smallest absolute Gasteiger partial charge is 0.158 e. The average Bonchev–Trinajstić information content (AvgIpc) is 2.47.